The molecule has 0 aromatic heterocycles. The van der Waals surface area contributed by atoms with Crippen molar-refractivity contribution in [3.8, 4) is 0 Å². The number of aliphatic hydroxyl groups is 6. The minimum Gasteiger partial charge on any atom is -0.479 e. The van der Waals surface area contributed by atoms with E-state index in [1.165, 1.54) is 0 Å². The van der Waals surface area contributed by atoms with Crippen molar-refractivity contribution in [2.75, 3.05) is 6.61 Å². The lowest BCUT2D eigenvalue weighted by atomic mass is 9.97. The molecule has 2 aliphatic rings. The minimum absolute atomic E-state index is 0.816. The molecule has 0 saturated carbocycles. The fourth-order valence-electron chi connectivity index (χ4n) is 2.79. The third-order valence-electron chi connectivity index (χ3n) is 4.15. The second kappa shape index (κ2) is 8.78. The van der Waals surface area contributed by atoms with E-state index in [0.29, 0.717) is 0 Å². The van der Waals surface area contributed by atoms with E-state index in [9.17, 15) is 38.7 Å². The van der Waals surface area contributed by atoms with Gasteiger partial charge in [0.1, 0.15) is 42.7 Å². The summed E-state index contributed by atoms with van der Waals surface area (Å²) in [6.45, 7) is -0.816. The fourth-order valence-corrected chi connectivity index (χ4v) is 3.30. The molecule has 0 aromatic rings. The summed E-state index contributed by atoms with van der Waals surface area (Å²) in [6, 6.07) is 0. The van der Waals surface area contributed by atoms with Gasteiger partial charge < -0.3 is 50.0 Å². The van der Waals surface area contributed by atoms with Gasteiger partial charge in [0.25, 0.3) is 0 Å². The zero-order valence-electron chi connectivity index (χ0n) is 13.8. The van der Waals surface area contributed by atoms with E-state index in [1.807, 2.05) is 0 Å². The van der Waals surface area contributed by atoms with Crippen LogP contribution in [-0.2, 0) is 33.6 Å². The lowest BCUT2D eigenvalue weighted by Crippen LogP contribution is -2.65. The third-order valence-corrected chi connectivity index (χ3v) is 4.62. The number of hydrogen-bond donors (Lipinski definition) is 8. The van der Waals surface area contributed by atoms with Crippen molar-refractivity contribution in [3.05, 3.63) is 0 Å². The Bertz CT molecular complexity index is 653. The molecule has 0 aromatic carbocycles. The molecule has 0 radical (unpaired) electrons. The second-order valence-electron chi connectivity index (χ2n) is 6.06. The zero-order chi connectivity index (χ0) is 21.4. The van der Waals surface area contributed by atoms with E-state index < -0.39 is 84.4 Å². The summed E-state index contributed by atoms with van der Waals surface area (Å²) < 4.78 is 49.3. The van der Waals surface area contributed by atoms with Crippen molar-refractivity contribution in [1.82, 2.24) is 0 Å². The van der Waals surface area contributed by atoms with Crippen LogP contribution >= 0.6 is 0 Å². The van der Waals surface area contributed by atoms with Crippen molar-refractivity contribution in [1.29, 1.82) is 0 Å². The molecule has 2 aliphatic heterocycles. The van der Waals surface area contributed by atoms with E-state index in [0.717, 1.165) is 0 Å². The first-order chi connectivity index (χ1) is 12.9. The molecule has 15 nitrogen and oxygen atoms in total. The molecule has 16 heteroatoms. The summed E-state index contributed by atoms with van der Waals surface area (Å²) in [5.74, 6) is -1.82. The minimum atomic E-state index is -5.25. The first-order valence-corrected chi connectivity index (χ1v) is 9.10. The first kappa shape index (κ1) is 23.3. The number of rotatable bonds is 6. The van der Waals surface area contributed by atoms with E-state index in [1.54, 1.807) is 0 Å². The molecule has 0 spiro atoms. The summed E-state index contributed by atoms with van der Waals surface area (Å²) in [6.07, 6.45) is -20.0. The lowest BCUT2D eigenvalue weighted by molar-refractivity contribution is -0.350. The summed E-state index contributed by atoms with van der Waals surface area (Å²) >= 11 is 0. The molecule has 0 amide bonds. The standard InChI is InChI=1S/C12H20O15S/c13-1-2-3(14)7(5(16)11(20)24-2)25-12-6(17)8(27-28(21,22)23)4(15)9(26-12)10(18)19/h2-9,11-17,20H,1H2,(H,18,19)(H,21,22,23)/t2?,3-,4-,5?,6?,7?,8?,9?,11+,12+/m0/s1. The van der Waals surface area contributed by atoms with E-state index in [2.05, 4.69) is 4.18 Å². The van der Waals surface area contributed by atoms with E-state index in [-0.39, 0.29) is 0 Å². The smallest absolute Gasteiger partial charge is 0.397 e. The Balaban J connectivity index is 2.27. The summed E-state index contributed by atoms with van der Waals surface area (Å²) in [5, 5.41) is 67.8. The highest BCUT2D eigenvalue weighted by Gasteiger charge is 2.53. The van der Waals surface area contributed by atoms with Crippen LogP contribution in [0.15, 0.2) is 0 Å². The average molecular weight is 436 g/mol. The highest BCUT2D eigenvalue weighted by Crippen LogP contribution is 2.30. The van der Waals surface area contributed by atoms with Gasteiger partial charge in [-0.25, -0.2) is 8.98 Å². The number of aliphatic carboxylic acids is 1. The SMILES string of the molecule is O=C(O)C1O[C@@H](OC2C(O)[C@H](O)OC(CO)[C@@H]2O)C(O)C(OS(=O)(=O)O)[C@@H]1O. The van der Waals surface area contributed by atoms with Crippen molar-refractivity contribution in [3.63, 3.8) is 0 Å². The predicted molar refractivity (Wildman–Crippen MR) is 79.6 cm³/mol. The van der Waals surface area contributed by atoms with Gasteiger partial charge in [0.05, 0.1) is 6.61 Å². The second-order valence-corrected chi connectivity index (χ2v) is 7.11. The van der Waals surface area contributed by atoms with Crippen LogP contribution in [0.4, 0.5) is 0 Å². The number of carboxylic acids is 1. The molecule has 2 fully saturated rings. The molecule has 0 aliphatic carbocycles. The van der Waals surface area contributed by atoms with Gasteiger partial charge in [-0.3, -0.25) is 4.55 Å². The van der Waals surface area contributed by atoms with E-state index >= 15 is 0 Å². The molecule has 164 valence electrons. The van der Waals surface area contributed by atoms with Crippen molar-refractivity contribution < 1.29 is 71.9 Å². The maximum Gasteiger partial charge on any atom is 0.397 e. The predicted octanol–water partition coefficient (Wildman–Crippen LogP) is -5.48. The quantitative estimate of drug-likeness (QED) is 0.181. The van der Waals surface area contributed by atoms with Gasteiger partial charge in [0.2, 0.25) is 0 Å². The van der Waals surface area contributed by atoms with Crippen molar-refractivity contribution in [2.45, 2.75) is 61.4 Å². The molecule has 6 unspecified atom stereocenters. The van der Waals surface area contributed by atoms with Crippen LogP contribution in [0, 0.1) is 0 Å². The highest BCUT2D eigenvalue weighted by atomic mass is 32.3. The molecule has 8 N–H and O–H groups in total. The maximum absolute atomic E-state index is 11.2. The Morgan fingerprint density at radius 1 is 0.929 bits per heavy atom. The van der Waals surface area contributed by atoms with Crippen LogP contribution in [0.5, 0.6) is 0 Å². The Labute approximate surface area is 157 Å². The van der Waals surface area contributed by atoms with E-state index in [4.69, 9.17) is 29.0 Å². The monoisotopic (exact) mass is 436 g/mol. The molecular formula is C12H20O15S. The Kier molecular flexibility index (Phi) is 7.29. The Hall–Kier alpha value is -1.02. The molecular weight excluding hydrogens is 416 g/mol. The Morgan fingerprint density at radius 2 is 1.54 bits per heavy atom. The van der Waals surface area contributed by atoms with Gasteiger partial charge in [-0.05, 0) is 0 Å². The molecule has 0 bridgehead atoms. The third kappa shape index (κ3) is 4.93. The maximum atomic E-state index is 11.2. The average Bonchev–Trinajstić information content (AvgIpc) is 2.59. The molecule has 2 saturated heterocycles. The number of carboxylic acid groups (broad SMARTS) is 1. The van der Waals surface area contributed by atoms with Gasteiger partial charge in [-0.15, -0.1) is 0 Å². The molecule has 2 rings (SSSR count). The first-order valence-electron chi connectivity index (χ1n) is 7.73. The number of carbonyl (C=O) groups is 1. The van der Waals surface area contributed by atoms with Crippen LogP contribution in [0.1, 0.15) is 0 Å². The lowest BCUT2D eigenvalue weighted by Gasteiger charge is -2.45. The van der Waals surface area contributed by atoms with Crippen LogP contribution in [0.2, 0.25) is 0 Å². The number of hydrogen-bond acceptors (Lipinski definition) is 13. The van der Waals surface area contributed by atoms with Crippen LogP contribution < -0.4 is 0 Å². The number of aliphatic hydroxyl groups excluding tert-OH is 6. The topological polar surface area (TPSA) is 250 Å². The Morgan fingerprint density at radius 3 is 2.04 bits per heavy atom. The van der Waals surface area contributed by atoms with Crippen LogP contribution in [0.25, 0.3) is 0 Å². The number of ether oxygens (including phenoxy) is 3. The van der Waals surface area contributed by atoms with Gasteiger partial charge >= 0.3 is 16.4 Å². The summed E-state index contributed by atoms with van der Waals surface area (Å²) in [7, 11) is -5.25. The van der Waals surface area contributed by atoms with Crippen molar-refractivity contribution >= 4 is 16.4 Å². The zero-order valence-corrected chi connectivity index (χ0v) is 14.6. The normalized spacial score (nSPS) is 45.0. The molecule has 28 heavy (non-hydrogen) atoms. The summed E-state index contributed by atoms with van der Waals surface area (Å²) in [5.41, 5.74) is 0. The summed E-state index contributed by atoms with van der Waals surface area (Å²) in [4.78, 5) is 11.2. The molecule has 2 heterocycles. The van der Waals surface area contributed by atoms with Gasteiger partial charge in [-0.1, -0.05) is 0 Å². The van der Waals surface area contributed by atoms with Gasteiger partial charge in [0, 0.05) is 0 Å². The largest absolute Gasteiger partial charge is 0.479 e. The molecule has 10 atom stereocenters. The fraction of sp³-hybridized carbons (Fsp3) is 0.917. The van der Waals surface area contributed by atoms with Crippen LogP contribution in [-0.4, -0.2) is 123 Å². The highest BCUT2D eigenvalue weighted by molar-refractivity contribution is 7.80. The van der Waals surface area contributed by atoms with Crippen molar-refractivity contribution in [2.24, 2.45) is 0 Å². The van der Waals surface area contributed by atoms with Gasteiger partial charge in [0.15, 0.2) is 18.7 Å². The van der Waals surface area contributed by atoms with Gasteiger partial charge in [-0.2, -0.15) is 8.42 Å². The van der Waals surface area contributed by atoms with Crippen LogP contribution in [0.3, 0.4) is 0 Å².